The van der Waals surface area contributed by atoms with E-state index in [0.717, 1.165) is 0 Å². The van der Waals surface area contributed by atoms with E-state index in [0.29, 0.717) is 4.47 Å². The largest absolute Gasteiger partial charge is 0.389 e. The minimum absolute atomic E-state index is 0.128. The fourth-order valence-electron chi connectivity index (χ4n) is 1.17. The molecule has 1 N–H and O–H groups in total. The van der Waals surface area contributed by atoms with Gasteiger partial charge in [0.2, 0.25) is 10.0 Å². The van der Waals surface area contributed by atoms with Gasteiger partial charge in [-0.1, -0.05) is 11.6 Å². The third kappa shape index (κ3) is 6.44. The Kier molecular flexibility index (Phi) is 5.45. The number of nitrogens with zero attached hydrogens (tertiary/aromatic N) is 1. The van der Waals surface area contributed by atoms with Crippen molar-refractivity contribution in [1.82, 2.24) is 4.98 Å². The van der Waals surface area contributed by atoms with E-state index >= 15 is 0 Å². The number of rotatable bonds is 5. The number of sulfonamides is 1. The van der Waals surface area contributed by atoms with E-state index in [2.05, 4.69) is 25.6 Å². The summed E-state index contributed by atoms with van der Waals surface area (Å²) in [4.78, 5) is 3.69. The molecule has 108 valence electrons. The highest BCUT2D eigenvalue weighted by Crippen LogP contribution is 2.24. The molecular weight excluding hydrogens is 373 g/mol. The van der Waals surface area contributed by atoms with Gasteiger partial charge in [0.25, 0.3) is 0 Å². The van der Waals surface area contributed by atoms with Gasteiger partial charge in [0, 0.05) is 6.42 Å². The molecule has 0 saturated carbocycles. The molecule has 0 aliphatic rings. The van der Waals surface area contributed by atoms with Gasteiger partial charge in [0.05, 0.1) is 22.1 Å². The maximum atomic E-state index is 11.9. The van der Waals surface area contributed by atoms with Crippen LogP contribution < -0.4 is 4.72 Å². The zero-order valence-electron chi connectivity index (χ0n) is 9.34. The average Bonchev–Trinajstić information content (AvgIpc) is 2.20. The van der Waals surface area contributed by atoms with Crippen LogP contribution in [0, 0.1) is 0 Å². The first-order valence-corrected chi connectivity index (χ1v) is 7.80. The first kappa shape index (κ1) is 16.5. The van der Waals surface area contributed by atoms with Crippen LogP contribution in [-0.4, -0.2) is 25.3 Å². The van der Waals surface area contributed by atoms with Gasteiger partial charge in [0.15, 0.2) is 0 Å². The van der Waals surface area contributed by atoms with Gasteiger partial charge in [0.1, 0.15) is 5.15 Å². The Morgan fingerprint density at radius 2 is 2.05 bits per heavy atom. The van der Waals surface area contributed by atoms with Crippen LogP contribution in [0.1, 0.15) is 12.8 Å². The zero-order valence-corrected chi connectivity index (χ0v) is 12.5. The molecule has 0 radical (unpaired) electrons. The van der Waals surface area contributed by atoms with Gasteiger partial charge < -0.3 is 0 Å². The second-order valence-corrected chi connectivity index (χ2v) is 6.69. The van der Waals surface area contributed by atoms with E-state index in [-0.39, 0.29) is 10.8 Å². The Balaban J connectivity index is 2.61. The molecule has 0 bridgehead atoms. The highest BCUT2D eigenvalue weighted by atomic mass is 79.9. The predicted molar refractivity (Wildman–Crippen MR) is 69.6 cm³/mol. The fourth-order valence-corrected chi connectivity index (χ4v) is 2.72. The van der Waals surface area contributed by atoms with Gasteiger partial charge in [-0.05, 0) is 28.4 Å². The van der Waals surface area contributed by atoms with Crippen LogP contribution >= 0.6 is 27.5 Å². The lowest BCUT2D eigenvalue weighted by Crippen LogP contribution is -2.19. The lowest BCUT2D eigenvalue weighted by molar-refractivity contribution is -0.134. The molecule has 0 spiro atoms. The van der Waals surface area contributed by atoms with Crippen LogP contribution in [0.25, 0.3) is 0 Å². The van der Waals surface area contributed by atoms with E-state index in [9.17, 15) is 21.6 Å². The Bertz CT molecular complexity index is 551. The van der Waals surface area contributed by atoms with Crippen LogP contribution in [0.2, 0.25) is 5.15 Å². The molecule has 0 saturated heterocycles. The zero-order chi connectivity index (χ0) is 14.7. The van der Waals surface area contributed by atoms with Crippen molar-refractivity contribution in [3.05, 3.63) is 21.9 Å². The number of pyridine rings is 1. The number of halogens is 5. The summed E-state index contributed by atoms with van der Waals surface area (Å²) in [5.41, 5.74) is 0.128. The van der Waals surface area contributed by atoms with Crippen LogP contribution in [0.4, 0.5) is 18.9 Å². The van der Waals surface area contributed by atoms with Crippen molar-refractivity contribution in [3.8, 4) is 0 Å². The minimum atomic E-state index is -4.36. The number of anilines is 1. The molecule has 0 unspecified atom stereocenters. The summed E-state index contributed by atoms with van der Waals surface area (Å²) in [5.74, 6) is -0.618. The van der Waals surface area contributed by atoms with Crippen LogP contribution in [-0.2, 0) is 10.0 Å². The van der Waals surface area contributed by atoms with Crippen LogP contribution in [0.3, 0.4) is 0 Å². The summed E-state index contributed by atoms with van der Waals surface area (Å²) in [6, 6.07) is 1.37. The summed E-state index contributed by atoms with van der Waals surface area (Å²) in [7, 11) is -3.84. The van der Waals surface area contributed by atoms with Crippen LogP contribution in [0.5, 0.6) is 0 Å². The molecular formula is C9H9BrClF3N2O2S. The van der Waals surface area contributed by atoms with Crippen molar-refractivity contribution in [1.29, 1.82) is 0 Å². The van der Waals surface area contributed by atoms with Crippen molar-refractivity contribution < 1.29 is 21.6 Å². The summed E-state index contributed by atoms with van der Waals surface area (Å²) in [6.45, 7) is 0. The van der Waals surface area contributed by atoms with E-state index < -0.39 is 34.8 Å². The Morgan fingerprint density at radius 3 is 2.58 bits per heavy atom. The van der Waals surface area contributed by atoms with Crippen molar-refractivity contribution in [2.75, 3.05) is 10.5 Å². The van der Waals surface area contributed by atoms with Crippen molar-refractivity contribution in [2.24, 2.45) is 0 Å². The molecule has 0 amide bonds. The molecule has 10 heteroatoms. The Labute approximate surface area is 121 Å². The van der Waals surface area contributed by atoms with E-state index in [1.54, 1.807) is 0 Å². The average molecular weight is 382 g/mol. The summed E-state index contributed by atoms with van der Waals surface area (Å²) < 4.78 is 61.3. The molecule has 0 fully saturated rings. The Morgan fingerprint density at radius 1 is 1.42 bits per heavy atom. The highest BCUT2D eigenvalue weighted by Gasteiger charge is 2.27. The smallest absolute Gasteiger partial charge is 0.282 e. The second kappa shape index (κ2) is 6.27. The standard InChI is InChI=1S/C9H9BrClF3N2O2S/c10-7-4-6(5-15-8(7)11)16-19(17,18)3-1-2-9(12,13)14/h4-5,16H,1-3H2. The second-order valence-electron chi connectivity index (χ2n) is 3.64. The number of hydrogen-bond donors (Lipinski definition) is 1. The molecule has 1 aromatic heterocycles. The maximum Gasteiger partial charge on any atom is 0.389 e. The lowest BCUT2D eigenvalue weighted by atomic mass is 10.3. The summed E-state index contributed by atoms with van der Waals surface area (Å²) >= 11 is 8.68. The minimum Gasteiger partial charge on any atom is -0.282 e. The monoisotopic (exact) mass is 380 g/mol. The molecule has 0 aliphatic heterocycles. The predicted octanol–water partition coefficient (Wildman–Crippen LogP) is 3.58. The number of aromatic nitrogens is 1. The maximum absolute atomic E-state index is 11.9. The van der Waals surface area contributed by atoms with Gasteiger partial charge >= 0.3 is 6.18 Å². The van der Waals surface area contributed by atoms with E-state index in [1.165, 1.54) is 12.3 Å². The van der Waals surface area contributed by atoms with E-state index in [4.69, 9.17) is 11.6 Å². The highest BCUT2D eigenvalue weighted by molar-refractivity contribution is 9.10. The van der Waals surface area contributed by atoms with E-state index in [1.807, 2.05) is 0 Å². The molecule has 0 aliphatic carbocycles. The molecule has 1 rings (SSSR count). The SMILES string of the molecule is O=S(=O)(CCCC(F)(F)F)Nc1cnc(Cl)c(Br)c1. The normalized spacial score (nSPS) is 12.5. The van der Waals surface area contributed by atoms with Gasteiger partial charge in [-0.3, -0.25) is 4.72 Å². The Hall–Kier alpha value is -0.540. The molecule has 0 aromatic carbocycles. The van der Waals surface area contributed by atoms with Gasteiger partial charge in [-0.2, -0.15) is 13.2 Å². The molecule has 1 aromatic rings. The quantitative estimate of drug-likeness (QED) is 0.793. The molecule has 19 heavy (non-hydrogen) atoms. The summed E-state index contributed by atoms with van der Waals surface area (Å²) in [5, 5.41) is 0.153. The molecule has 0 atom stereocenters. The molecule has 4 nitrogen and oxygen atoms in total. The first-order chi connectivity index (χ1) is 8.59. The lowest BCUT2D eigenvalue weighted by Gasteiger charge is -2.09. The van der Waals surface area contributed by atoms with Crippen LogP contribution in [0.15, 0.2) is 16.7 Å². The third-order valence-corrected chi connectivity index (χ3v) is 4.45. The van der Waals surface area contributed by atoms with Crippen molar-refractivity contribution in [2.45, 2.75) is 19.0 Å². The van der Waals surface area contributed by atoms with Crippen molar-refractivity contribution >= 4 is 43.2 Å². The fraction of sp³-hybridized carbons (Fsp3) is 0.444. The topological polar surface area (TPSA) is 59.1 Å². The number of alkyl halides is 3. The number of hydrogen-bond acceptors (Lipinski definition) is 3. The molecule has 1 heterocycles. The van der Waals surface area contributed by atoms with Gasteiger partial charge in [-0.25, -0.2) is 13.4 Å². The van der Waals surface area contributed by atoms with Crippen molar-refractivity contribution in [3.63, 3.8) is 0 Å². The third-order valence-electron chi connectivity index (χ3n) is 1.94. The van der Waals surface area contributed by atoms with Gasteiger partial charge in [-0.15, -0.1) is 0 Å². The summed E-state index contributed by atoms with van der Waals surface area (Å²) in [6.07, 6.45) is -4.83. The first-order valence-electron chi connectivity index (χ1n) is 4.97. The number of nitrogens with one attached hydrogen (secondary N) is 1.